The molecule has 5 heterocycles. The third-order valence-electron chi connectivity index (χ3n) is 10.5. The van der Waals surface area contributed by atoms with Crippen molar-refractivity contribution >= 4 is 131 Å². The molecule has 4 aliphatic rings. The molecular weight excluding hydrogens is 1050 g/mol. The smallest absolute Gasteiger partial charge is 0.410 e. The van der Waals surface area contributed by atoms with Crippen LogP contribution in [0.4, 0.5) is 9.59 Å². The normalized spacial score (nSPS) is 24.0. The zero-order valence-electron chi connectivity index (χ0n) is 35.1. The van der Waals surface area contributed by atoms with E-state index in [1.807, 2.05) is 10.8 Å². The highest BCUT2D eigenvalue weighted by Gasteiger charge is 2.62. The van der Waals surface area contributed by atoms with Crippen LogP contribution in [-0.4, -0.2) is 106 Å². The fourth-order valence-electron chi connectivity index (χ4n) is 7.31. The van der Waals surface area contributed by atoms with Crippen LogP contribution in [0.15, 0.2) is 52.3 Å². The molecule has 5 amide bonds. The maximum atomic E-state index is 14.3. The van der Waals surface area contributed by atoms with Gasteiger partial charge < -0.3 is 29.7 Å². The summed E-state index contributed by atoms with van der Waals surface area (Å²) in [5.41, 5.74) is -0.962. The molecule has 0 radical (unpaired) electrons. The predicted molar refractivity (Wildman–Crippen MR) is 248 cm³/mol. The molecule has 1 aromatic carbocycles. The van der Waals surface area contributed by atoms with E-state index in [0.717, 1.165) is 39.9 Å². The first-order valence-corrected chi connectivity index (χ1v) is 26.4. The summed E-state index contributed by atoms with van der Waals surface area (Å²) in [5, 5.41) is 10.6. The molecule has 0 spiro atoms. The maximum absolute atomic E-state index is 14.3. The molecule has 27 heteroatoms. The van der Waals surface area contributed by atoms with Gasteiger partial charge in [-0.2, -0.15) is 0 Å². The summed E-state index contributed by atoms with van der Waals surface area (Å²) in [4.78, 5) is 71.0. The third-order valence-corrected chi connectivity index (χ3v) is 16.6. The summed E-state index contributed by atoms with van der Waals surface area (Å²) >= 11 is 31.2. The van der Waals surface area contributed by atoms with Crippen molar-refractivity contribution in [3.8, 4) is 0 Å². The summed E-state index contributed by atoms with van der Waals surface area (Å²) in [5.74, 6) is -3.12. The van der Waals surface area contributed by atoms with Crippen LogP contribution in [0, 0.1) is 5.92 Å². The number of nitrogens with zero attached hydrogens (tertiary/aromatic N) is 2. The molecule has 2 aromatic heterocycles. The van der Waals surface area contributed by atoms with Gasteiger partial charge in [-0.3, -0.25) is 19.3 Å². The van der Waals surface area contributed by atoms with Gasteiger partial charge >= 0.3 is 12.2 Å². The van der Waals surface area contributed by atoms with Crippen molar-refractivity contribution in [2.24, 2.45) is 11.1 Å². The minimum Gasteiger partial charge on any atom is -0.444 e. The van der Waals surface area contributed by atoms with Crippen molar-refractivity contribution in [1.29, 1.82) is 0 Å². The number of thiophene rings is 2. The maximum Gasteiger partial charge on any atom is 0.410 e. The number of amides is 5. The first kappa shape index (κ1) is 52.0. The fraction of sp³-hybridized carbons (Fsp3) is 0.462. The second-order valence-electron chi connectivity index (χ2n) is 16.4. The Kier molecular flexibility index (Phi) is 16.3. The van der Waals surface area contributed by atoms with Crippen molar-refractivity contribution in [2.45, 2.75) is 98.7 Å². The van der Waals surface area contributed by atoms with Gasteiger partial charge in [0.2, 0.25) is 21.8 Å². The number of nitrogens with two attached hydrogens (primary N) is 1. The van der Waals surface area contributed by atoms with Crippen molar-refractivity contribution in [3.05, 3.63) is 76.0 Å². The highest BCUT2D eigenvalue weighted by molar-refractivity contribution is 7.90. The van der Waals surface area contributed by atoms with Crippen LogP contribution in [0.3, 0.4) is 0 Å². The molecule has 66 heavy (non-hydrogen) atoms. The van der Waals surface area contributed by atoms with E-state index in [9.17, 15) is 40.8 Å². The molecule has 3 aliphatic heterocycles. The van der Waals surface area contributed by atoms with Crippen molar-refractivity contribution in [3.63, 3.8) is 0 Å². The molecule has 1 saturated carbocycles. The lowest BCUT2D eigenvalue weighted by Gasteiger charge is -2.30. The number of hydrogen-bond acceptors (Lipinski definition) is 14. The van der Waals surface area contributed by atoms with Crippen LogP contribution in [0.1, 0.15) is 57.6 Å². The molecule has 2 fully saturated rings. The number of nitrogens with one attached hydrogen (secondary N) is 3. The number of primary sulfonamides is 1. The second kappa shape index (κ2) is 20.7. The SMILES string of the molecule is CC(C)(C)OC(=O)N[C@H]1CCOCC/C=C\[C@@H]2C[C@@]2(C(=O)NS(=O)(=O)c2cc(Cl)sc2Cl)NC(=O)[C@@H]2C[C@@H](OC(=O)N3Cc4cccc(Cl)c4C3)CN2C1=O.NS(=O)(=O)c1cc(Cl)sc1Cl. The van der Waals surface area contributed by atoms with Gasteiger partial charge in [0.1, 0.15) is 47.8 Å². The number of benzene rings is 1. The first-order valence-electron chi connectivity index (χ1n) is 19.9. The summed E-state index contributed by atoms with van der Waals surface area (Å²) in [6.07, 6.45) is 1.20. The lowest BCUT2D eigenvalue weighted by molar-refractivity contribution is -0.141. The Bertz CT molecular complexity index is 2660. The molecule has 5 N–H and O–H groups in total. The van der Waals surface area contributed by atoms with Crippen molar-refractivity contribution < 1.29 is 55.0 Å². The standard InChI is InChI=1S/C35H40Cl3N5O10S2.C4H3Cl2NO2S2/c1-34(2,3)53-32(47)39-24-10-12-51-11-5-4-8-20-15-35(20,31(46)41-55(49,50)26-14-27(37)54-28(26)38)40-29(44)25-13-21(17-43(25)30(24)45)52-33(48)42-16-19-7-6-9-23(36)22(19)18-42;5-3-1-2(4(6)10-3)11(7,8)9/h4,6-9,14,20-21,24-25H,5,10-13,15-18H2,1-3H3,(H,39,47)(H,40,44)(H,41,46);1H,(H2,7,8,9)/b8-4-;/t20-,21-,24+,25+,35-;/m1./s1. The minimum atomic E-state index is -4.51. The Morgan fingerprint density at radius 3 is 2.23 bits per heavy atom. The molecule has 0 unspecified atom stereocenters. The van der Waals surface area contributed by atoms with Gasteiger partial charge in [-0.25, -0.2) is 36.3 Å². The topological polar surface area (TPSA) is 250 Å². The van der Waals surface area contributed by atoms with E-state index in [0.29, 0.717) is 15.8 Å². The average Bonchev–Trinajstić information content (AvgIpc) is 3.65. The van der Waals surface area contributed by atoms with Crippen LogP contribution in [0.2, 0.25) is 22.4 Å². The third kappa shape index (κ3) is 12.6. The van der Waals surface area contributed by atoms with E-state index < -0.39 is 90.1 Å². The number of hydrogen-bond donors (Lipinski definition) is 4. The average molecular weight is 1090 g/mol. The van der Waals surface area contributed by atoms with Crippen molar-refractivity contribution in [1.82, 2.24) is 25.2 Å². The second-order valence-corrected chi connectivity index (χ2v) is 24.6. The van der Waals surface area contributed by atoms with Crippen LogP contribution in [0.25, 0.3) is 0 Å². The Hall–Kier alpha value is -3.42. The monoisotopic (exact) mass is 1090 g/mol. The number of ether oxygens (including phenoxy) is 3. The Balaban J connectivity index is 0.000000574. The molecule has 1 saturated heterocycles. The molecule has 7 rings (SSSR count). The van der Waals surface area contributed by atoms with E-state index in [2.05, 4.69) is 10.6 Å². The van der Waals surface area contributed by atoms with Gasteiger partial charge in [-0.15, -0.1) is 22.7 Å². The highest BCUT2D eigenvalue weighted by Crippen LogP contribution is 2.46. The number of fused-ring (bicyclic) bond motifs is 3. The number of carbonyl (C=O) groups is 5. The quantitative estimate of drug-likeness (QED) is 0.194. The van der Waals surface area contributed by atoms with Gasteiger partial charge in [0.15, 0.2) is 0 Å². The van der Waals surface area contributed by atoms with Crippen LogP contribution in [0.5, 0.6) is 0 Å². The largest absolute Gasteiger partial charge is 0.444 e. The molecule has 0 bridgehead atoms. The molecule has 3 aromatic rings. The summed E-state index contributed by atoms with van der Waals surface area (Å²) in [6, 6.07) is 5.18. The van der Waals surface area contributed by atoms with Crippen LogP contribution in [-0.2, 0) is 61.7 Å². The van der Waals surface area contributed by atoms with Crippen LogP contribution >= 0.6 is 80.7 Å². The number of alkyl carbamates (subject to hydrolysis) is 1. The van der Waals surface area contributed by atoms with E-state index in [4.69, 9.17) is 77.4 Å². The zero-order valence-corrected chi connectivity index (χ0v) is 42.2. The Labute approximate surface area is 413 Å². The van der Waals surface area contributed by atoms with Crippen LogP contribution < -0.4 is 20.5 Å². The summed E-state index contributed by atoms with van der Waals surface area (Å²) in [6.45, 7) is 5.50. The number of rotatable bonds is 6. The fourth-order valence-corrected chi connectivity index (χ4v) is 13.5. The summed E-state index contributed by atoms with van der Waals surface area (Å²) < 4.78 is 67.4. The van der Waals surface area contributed by atoms with Gasteiger partial charge in [0.05, 0.1) is 28.4 Å². The number of carbonyl (C=O) groups excluding carboxylic acids is 5. The number of sulfonamides is 2. The molecule has 5 atom stereocenters. The lowest BCUT2D eigenvalue weighted by Crippen LogP contribution is -2.58. The van der Waals surface area contributed by atoms with Gasteiger partial charge in [-0.05, 0) is 62.9 Å². The molecule has 1 aliphatic carbocycles. The summed E-state index contributed by atoms with van der Waals surface area (Å²) in [7, 11) is -8.23. The molecule has 18 nitrogen and oxygen atoms in total. The highest BCUT2D eigenvalue weighted by atomic mass is 35.5. The Morgan fingerprint density at radius 1 is 0.970 bits per heavy atom. The van der Waals surface area contributed by atoms with E-state index in [1.165, 1.54) is 15.9 Å². The van der Waals surface area contributed by atoms with E-state index in [1.54, 1.807) is 45.1 Å². The van der Waals surface area contributed by atoms with E-state index in [-0.39, 0.29) is 70.0 Å². The predicted octanol–water partition coefficient (Wildman–Crippen LogP) is 6.47. The first-order chi connectivity index (χ1) is 30.8. The minimum absolute atomic E-state index is 0.0197. The van der Waals surface area contributed by atoms with Gasteiger partial charge in [-0.1, -0.05) is 82.3 Å². The number of halogens is 5. The Morgan fingerprint density at radius 2 is 1.64 bits per heavy atom. The molecular formula is C39H43Cl5N6O12S4. The van der Waals surface area contributed by atoms with Gasteiger partial charge in [0, 0.05) is 36.9 Å². The van der Waals surface area contributed by atoms with E-state index >= 15 is 0 Å². The lowest BCUT2D eigenvalue weighted by atomic mass is 10.1. The van der Waals surface area contributed by atoms with Crippen molar-refractivity contribution in [2.75, 3.05) is 19.8 Å². The zero-order chi connectivity index (χ0) is 48.5. The van der Waals surface area contributed by atoms with Gasteiger partial charge in [0.25, 0.3) is 15.9 Å². The molecule has 360 valence electrons.